The predicted molar refractivity (Wildman–Crippen MR) is 105 cm³/mol. The third-order valence-electron chi connectivity index (χ3n) is 4.59. The molecule has 3 rings (SSSR count). The van der Waals surface area contributed by atoms with E-state index in [1.807, 2.05) is 0 Å². The molecule has 1 aliphatic rings. The maximum Gasteiger partial charge on any atom is 0.257 e. The highest BCUT2D eigenvalue weighted by atomic mass is 35.5. The molecule has 2 N–H and O–H groups in total. The molecule has 2 amide bonds. The standard InChI is InChI=1S/C19H23N3O5.ClH/c1-25-16-4-3-13(10-17(16)26-2)18(23)21-5-7-22(8-6-21)19(24)14-9-15(11-20)27-12-14;/h3-4,9-10,12H,5-8,11,20H2,1-2H3;1H. The van der Waals surface area contributed by atoms with E-state index in [2.05, 4.69) is 0 Å². The van der Waals surface area contributed by atoms with Crippen molar-refractivity contribution < 1.29 is 23.5 Å². The van der Waals surface area contributed by atoms with Crippen molar-refractivity contribution in [2.45, 2.75) is 6.54 Å². The summed E-state index contributed by atoms with van der Waals surface area (Å²) in [6.07, 6.45) is 1.42. The molecule has 1 aromatic heterocycles. The molecule has 2 heterocycles. The van der Waals surface area contributed by atoms with E-state index in [0.29, 0.717) is 54.6 Å². The molecule has 28 heavy (non-hydrogen) atoms. The Bertz CT molecular complexity index is 831. The monoisotopic (exact) mass is 409 g/mol. The summed E-state index contributed by atoms with van der Waals surface area (Å²) in [6.45, 7) is 2.09. The molecule has 0 aliphatic carbocycles. The lowest BCUT2D eigenvalue weighted by atomic mass is 10.1. The highest BCUT2D eigenvalue weighted by Crippen LogP contribution is 2.28. The van der Waals surface area contributed by atoms with E-state index in [4.69, 9.17) is 19.6 Å². The lowest BCUT2D eigenvalue weighted by Crippen LogP contribution is -2.50. The third-order valence-corrected chi connectivity index (χ3v) is 4.59. The number of nitrogens with two attached hydrogens (primary N) is 1. The summed E-state index contributed by atoms with van der Waals surface area (Å²) in [5.74, 6) is 1.43. The minimum absolute atomic E-state index is 0. The van der Waals surface area contributed by atoms with E-state index in [1.165, 1.54) is 13.4 Å². The van der Waals surface area contributed by atoms with Crippen molar-refractivity contribution in [2.24, 2.45) is 5.73 Å². The van der Waals surface area contributed by atoms with Crippen LogP contribution in [0.3, 0.4) is 0 Å². The molecule has 1 aliphatic heterocycles. The van der Waals surface area contributed by atoms with E-state index in [-0.39, 0.29) is 30.8 Å². The molecular weight excluding hydrogens is 386 g/mol. The van der Waals surface area contributed by atoms with Gasteiger partial charge in [-0.3, -0.25) is 9.59 Å². The Morgan fingerprint density at radius 2 is 1.54 bits per heavy atom. The van der Waals surface area contributed by atoms with Crippen LogP contribution in [0.4, 0.5) is 0 Å². The smallest absolute Gasteiger partial charge is 0.257 e. The van der Waals surface area contributed by atoms with Crippen LogP contribution in [-0.2, 0) is 6.54 Å². The van der Waals surface area contributed by atoms with Gasteiger partial charge in [0.2, 0.25) is 0 Å². The molecule has 0 unspecified atom stereocenters. The molecule has 0 spiro atoms. The molecule has 1 saturated heterocycles. The molecule has 0 saturated carbocycles. The van der Waals surface area contributed by atoms with Crippen LogP contribution in [0.2, 0.25) is 0 Å². The predicted octanol–water partition coefficient (Wildman–Crippen LogP) is 1.78. The van der Waals surface area contributed by atoms with Gasteiger partial charge in [0.15, 0.2) is 11.5 Å². The molecule has 8 nitrogen and oxygen atoms in total. The summed E-state index contributed by atoms with van der Waals surface area (Å²) in [7, 11) is 3.08. The quantitative estimate of drug-likeness (QED) is 0.808. The first-order valence-corrected chi connectivity index (χ1v) is 8.65. The van der Waals surface area contributed by atoms with Crippen molar-refractivity contribution >= 4 is 24.2 Å². The summed E-state index contributed by atoms with van der Waals surface area (Å²) in [4.78, 5) is 28.7. The fourth-order valence-electron chi connectivity index (χ4n) is 3.05. The molecule has 0 radical (unpaired) electrons. The van der Waals surface area contributed by atoms with Crippen LogP contribution in [0.25, 0.3) is 0 Å². The van der Waals surface area contributed by atoms with Crippen LogP contribution in [0.15, 0.2) is 34.9 Å². The maximum absolute atomic E-state index is 12.8. The number of hydrogen-bond acceptors (Lipinski definition) is 6. The zero-order valence-corrected chi connectivity index (χ0v) is 16.7. The Morgan fingerprint density at radius 3 is 2.04 bits per heavy atom. The number of carbonyl (C=O) groups excluding carboxylic acids is 2. The normalized spacial score (nSPS) is 13.7. The Balaban J connectivity index is 0.00000280. The highest BCUT2D eigenvalue weighted by Gasteiger charge is 2.26. The van der Waals surface area contributed by atoms with E-state index < -0.39 is 0 Å². The van der Waals surface area contributed by atoms with Gasteiger partial charge in [0.05, 0.1) is 26.3 Å². The van der Waals surface area contributed by atoms with Gasteiger partial charge in [0.25, 0.3) is 11.8 Å². The number of hydrogen-bond donors (Lipinski definition) is 1. The van der Waals surface area contributed by atoms with Gasteiger partial charge in [-0.2, -0.15) is 0 Å². The molecule has 152 valence electrons. The second-order valence-electron chi connectivity index (χ2n) is 6.16. The fraction of sp³-hybridized carbons (Fsp3) is 0.368. The van der Waals surface area contributed by atoms with Gasteiger partial charge in [-0.1, -0.05) is 0 Å². The number of rotatable bonds is 5. The molecular formula is C19H24ClN3O5. The van der Waals surface area contributed by atoms with E-state index in [1.54, 1.807) is 41.2 Å². The van der Waals surface area contributed by atoms with Gasteiger partial charge < -0.3 is 29.4 Å². The first kappa shape index (κ1) is 21.6. The Kier molecular flexibility index (Phi) is 7.31. The minimum Gasteiger partial charge on any atom is -0.493 e. The van der Waals surface area contributed by atoms with Crippen molar-refractivity contribution in [3.63, 3.8) is 0 Å². The van der Waals surface area contributed by atoms with Crippen LogP contribution < -0.4 is 15.2 Å². The van der Waals surface area contributed by atoms with Crippen LogP contribution in [0.5, 0.6) is 11.5 Å². The maximum atomic E-state index is 12.8. The number of piperazine rings is 1. The van der Waals surface area contributed by atoms with Crippen molar-refractivity contribution in [1.82, 2.24) is 9.80 Å². The SMILES string of the molecule is COc1ccc(C(=O)N2CCN(C(=O)c3coc(CN)c3)CC2)cc1OC.Cl. The average molecular weight is 410 g/mol. The molecule has 2 aromatic rings. The zero-order chi connectivity index (χ0) is 19.4. The highest BCUT2D eigenvalue weighted by molar-refractivity contribution is 5.96. The summed E-state index contributed by atoms with van der Waals surface area (Å²) in [5, 5.41) is 0. The lowest BCUT2D eigenvalue weighted by Gasteiger charge is -2.34. The summed E-state index contributed by atoms with van der Waals surface area (Å²) >= 11 is 0. The van der Waals surface area contributed by atoms with Crippen molar-refractivity contribution in [3.8, 4) is 11.5 Å². The minimum atomic E-state index is -0.114. The summed E-state index contributed by atoms with van der Waals surface area (Å²) < 4.78 is 15.7. The Hall–Kier alpha value is -2.71. The number of carbonyl (C=O) groups is 2. The topological polar surface area (TPSA) is 98.2 Å². The fourth-order valence-corrected chi connectivity index (χ4v) is 3.05. The summed E-state index contributed by atoms with van der Waals surface area (Å²) in [6, 6.07) is 6.74. The van der Waals surface area contributed by atoms with E-state index in [9.17, 15) is 9.59 Å². The Morgan fingerprint density at radius 1 is 0.964 bits per heavy atom. The number of ether oxygens (including phenoxy) is 2. The number of halogens is 1. The molecule has 0 atom stereocenters. The number of methoxy groups -OCH3 is 2. The van der Waals surface area contributed by atoms with Gasteiger partial charge in [-0.05, 0) is 24.3 Å². The van der Waals surface area contributed by atoms with Crippen molar-refractivity contribution in [2.75, 3.05) is 40.4 Å². The largest absolute Gasteiger partial charge is 0.493 e. The number of furan rings is 1. The second kappa shape index (κ2) is 9.48. The number of nitrogens with zero attached hydrogens (tertiary/aromatic N) is 2. The first-order valence-electron chi connectivity index (χ1n) is 8.65. The second-order valence-corrected chi connectivity index (χ2v) is 6.16. The van der Waals surface area contributed by atoms with Crippen LogP contribution in [-0.4, -0.2) is 62.0 Å². The summed E-state index contributed by atoms with van der Waals surface area (Å²) in [5.41, 5.74) is 6.51. The number of benzene rings is 1. The van der Waals surface area contributed by atoms with Gasteiger partial charge in [0, 0.05) is 31.7 Å². The molecule has 1 fully saturated rings. The van der Waals surface area contributed by atoms with Gasteiger partial charge in [0.1, 0.15) is 12.0 Å². The molecule has 1 aromatic carbocycles. The molecule has 0 bridgehead atoms. The van der Waals surface area contributed by atoms with Crippen molar-refractivity contribution in [1.29, 1.82) is 0 Å². The third kappa shape index (κ3) is 4.40. The van der Waals surface area contributed by atoms with E-state index in [0.717, 1.165) is 0 Å². The van der Waals surface area contributed by atoms with E-state index >= 15 is 0 Å². The van der Waals surface area contributed by atoms with Crippen LogP contribution in [0, 0.1) is 0 Å². The van der Waals surface area contributed by atoms with Gasteiger partial charge in [-0.15, -0.1) is 12.4 Å². The zero-order valence-electron chi connectivity index (χ0n) is 15.8. The van der Waals surface area contributed by atoms with Crippen LogP contribution in [0.1, 0.15) is 26.5 Å². The molecule has 9 heteroatoms. The van der Waals surface area contributed by atoms with Gasteiger partial charge in [-0.25, -0.2) is 0 Å². The van der Waals surface area contributed by atoms with Gasteiger partial charge >= 0.3 is 0 Å². The Labute approximate surface area is 169 Å². The van der Waals surface area contributed by atoms with Crippen LogP contribution >= 0.6 is 12.4 Å². The first-order chi connectivity index (χ1) is 13.1. The van der Waals surface area contributed by atoms with Crippen molar-refractivity contribution in [3.05, 3.63) is 47.4 Å². The lowest BCUT2D eigenvalue weighted by molar-refractivity contribution is 0.0535. The average Bonchev–Trinajstić information content (AvgIpc) is 3.21. The number of amides is 2.